The molecule has 2 heterocycles. The van der Waals surface area contributed by atoms with Crippen molar-refractivity contribution >= 4 is 17.5 Å². The predicted octanol–water partition coefficient (Wildman–Crippen LogP) is 2.32. The number of hydrogen-bond donors (Lipinski definition) is 1. The van der Waals surface area contributed by atoms with Crippen LogP contribution in [0.1, 0.15) is 21.8 Å². The molecule has 3 rings (SSSR count). The van der Waals surface area contributed by atoms with Crippen LogP contribution in [0.5, 0.6) is 5.75 Å². The molecule has 0 aliphatic carbocycles. The number of methoxy groups -OCH3 is 1. The van der Waals surface area contributed by atoms with Gasteiger partial charge in [-0.15, -0.1) is 0 Å². The van der Waals surface area contributed by atoms with Gasteiger partial charge in [-0.3, -0.25) is 4.79 Å². The second kappa shape index (κ2) is 6.83. The van der Waals surface area contributed by atoms with Crippen molar-refractivity contribution in [1.29, 1.82) is 0 Å². The van der Waals surface area contributed by atoms with Gasteiger partial charge >= 0.3 is 0 Å². The molecule has 1 aromatic heterocycles. The highest BCUT2D eigenvalue weighted by Crippen LogP contribution is 2.26. The topological polar surface area (TPSA) is 75.8 Å². The second-order valence-corrected chi connectivity index (χ2v) is 6.49. The maximum absolute atomic E-state index is 12.7. The molecule has 24 heavy (non-hydrogen) atoms. The van der Waals surface area contributed by atoms with Gasteiger partial charge in [0, 0.05) is 42.1 Å². The number of hydrogen-bond acceptors (Lipinski definition) is 5. The zero-order valence-corrected chi connectivity index (χ0v) is 14.3. The van der Waals surface area contributed by atoms with E-state index in [4.69, 9.17) is 20.9 Å². The summed E-state index contributed by atoms with van der Waals surface area (Å²) in [4.78, 5) is 14.3. The molecule has 1 aliphatic rings. The first-order chi connectivity index (χ1) is 11.5. The molecule has 1 N–H and O–H groups in total. The predicted molar refractivity (Wildman–Crippen MR) is 88.3 cm³/mol. The smallest absolute Gasteiger partial charge is 0.254 e. The van der Waals surface area contributed by atoms with Gasteiger partial charge < -0.3 is 19.3 Å². The summed E-state index contributed by atoms with van der Waals surface area (Å²) in [7, 11) is 1.52. The Kier molecular flexibility index (Phi) is 4.78. The fourth-order valence-corrected chi connectivity index (χ4v) is 3.20. The van der Waals surface area contributed by atoms with E-state index in [0.29, 0.717) is 29.3 Å². The van der Waals surface area contributed by atoms with Crippen LogP contribution < -0.4 is 4.74 Å². The highest BCUT2D eigenvalue weighted by molar-refractivity contribution is 6.31. The van der Waals surface area contributed by atoms with E-state index in [0.717, 1.165) is 11.5 Å². The molecule has 0 saturated carbocycles. The number of amides is 1. The van der Waals surface area contributed by atoms with E-state index >= 15 is 0 Å². The number of β-amino-alcohol motifs (C(OH)–C–C–N with tert-alkyl or cyclic N) is 1. The first-order valence-corrected chi connectivity index (χ1v) is 8.08. The zero-order chi connectivity index (χ0) is 17.3. The highest BCUT2D eigenvalue weighted by atomic mass is 35.5. The molecular formula is C17H19ClN2O4. The van der Waals surface area contributed by atoms with Crippen LogP contribution in [0.2, 0.25) is 5.02 Å². The molecule has 0 unspecified atom stereocenters. The fourth-order valence-electron chi connectivity index (χ4n) is 2.98. The first-order valence-electron chi connectivity index (χ1n) is 7.70. The molecular weight excluding hydrogens is 332 g/mol. The quantitative estimate of drug-likeness (QED) is 0.915. The summed E-state index contributed by atoms with van der Waals surface area (Å²) in [5.74, 6) is 0.989. The Balaban J connectivity index is 1.71. The summed E-state index contributed by atoms with van der Waals surface area (Å²) in [6.07, 6.45) is -0.0505. The normalized spacial score (nSPS) is 20.4. The van der Waals surface area contributed by atoms with Gasteiger partial charge in [0.15, 0.2) is 0 Å². The van der Waals surface area contributed by atoms with Gasteiger partial charge in [0.2, 0.25) is 0 Å². The Hall–Kier alpha value is -2.05. The number of aromatic nitrogens is 1. The van der Waals surface area contributed by atoms with Crippen molar-refractivity contribution in [2.75, 3.05) is 20.2 Å². The van der Waals surface area contributed by atoms with Crippen molar-refractivity contribution in [2.24, 2.45) is 5.92 Å². The molecule has 1 amide bonds. The first kappa shape index (κ1) is 16.8. The van der Waals surface area contributed by atoms with Crippen LogP contribution >= 0.6 is 11.6 Å². The fraction of sp³-hybridized carbons (Fsp3) is 0.412. The average molecular weight is 351 g/mol. The van der Waals surface area contributed by atoms with E-state index < -0.39 is 6.10 Å². The monoisotopic (exact) mass is 350 g/mol. The Morgan fingerprint density at radius 1 is 1.42 bits per heavy atom. The van der Waals surface area contributed by atoms with Gasteiger partial charge in [0.05, 0.1) is 18.9 Å². The molecule has 0 bridgehead atoms. The van der Waals surface area contributed by atoms with Gasteiger partial charge in [-0.2, -0.15) is 0 Å². The highest BCUT2D eigenvalue weighted by Gasteiger charge is 2.35. The number of likely N-dealkylation sites (tertiary alicyclic amines) is 1. The summed E-state index contributed by atoms with van der Waals surface area (Å²) in [6, 6.07) is 6.74. The van der Waals surface area contributed by atoms with Crippen LogP contribution in [-0.4, -0.2) is 47.4 Å². The van der Waals surface area contributed by atoms with Crippen LogP contribution in [0, 0.1) is 12.8 Å². The van der Waals surface area contributed by atoms with Crippen LogP contribution in [0.25, 0.3) is 0 Å². The van der Waals surface area contributed by atoms with E-state index in [-0.39, 0.29) is 18.4 Å². The largest absolute Gasteiger partial charge is 0.497 e. The number of carbonyl (C=O) groups is 1. The van der Waals surface area contributed by atoms with Crippen LogP contribution in [-0.2, 0) is 6.42 Å². The maximum Gasteiger partial charge on any atom is 0.254 e. The Labute approximate surface area is 144 Å². The van der Waals surface area contributed by atoms with Crippen molar-refractivity contribution in [1.82, 2.24) is 10.1 Å². The van der Waals surface area contributed by atoms with Gasteiger partial charge in [0.25, 0.3) is 5.91 Å². The molecule has 0 radical (unpaired) electrons. The molecule has 128 valence electrons. The van der Waals surface area contributed by atoms with E-state index in [1.807, 2.05) is 13.0 Å². The number of benzene rings is 1. The summed E-state index contributed by atoms with van der Waals surface area (Å²) in [5, 5.41) is 14.6. The third-order valence-electron chi connectivity index (χ3n) is 4.19. The minimum atomic E-state index is -0.597. The van der Waals surface area contributed by atoms with Crippen molar-refractivity contribution in [2.45, 2.75) is 19.4 Å². The van der Waals surface area contributed by atoms with E-state index in [1.165, 1.54) is 7.11 Å². The second-order valence-electron chi connectivity index (χ2n) is 6.06. The standard InChI is InChI=1S/C17H19ClN2O4/c1-10-3-15(24-19-10)6-12-8-20(9-16(12)21)17(22)11-4-13(18)7-14(5-11)23-2/h3-5,7,12,16,21H,6,8-9H2,1-2H3/t12-,16-/m1/s1. The molecule has 1 fully saturated rings. The Morgan fingerprint density at radius 2 is 2.21 bits per heavy atom. The Morgan fingerprint density at radius 3 is 2.88 bits per heavy atom. The zero-order valence-electron chi connectivity index (χ0n) is 13.5. The van der Waals surface area contributed by atoms with E-state index in [2.05, 4.69) is 5.16 Å². The van der Waals surface area contributed by atoms with Gasteiger partial charge in [-0.05, 0) is 25.1 Å². The lowest BCUT2D eigenvalue weighted by molar-refractivity contribution is 0.0764. The third kappa shape index (κ3) is 3.55. The molecule has 2 atom stereocenters. The van der Waals surface area contributed by atoms with Gasteiger partial charge in [-0.1, -0.05) is 16.8 Å². The minimum Gasteiger partial charge on any atom is -0.497 e. The molecule has 1 saturated heterocycles. The molecule has 1 aliphatic heterocycles. The van der Waals surface area contributed by atoms with Crippen molar-refractivity contribution in [3.8, 4) is 5.75 Å². The molecule has 1 aromatic carbocycles. The van der Waals surface area contributed by atoms with Crippen LogP contribution in [0.4, 0.5) is 0 Å². The number of ether oxygens (including phenoxy) is 1. The van der Waals surface area contributed by atoms with Crippen LogP contribution in [0.15, 0.2) is 28.8 Å². The lowest BCUT2D eigenvalue weighted by atomic mass is 10.0. The lowest BCUT2D eigenvalue weighted by Crippen LogP contribution is -2.29. The van der Waals surface area contributed by atoms with E-state index in [9.17, 15) is 9.90 Å². The van der Waals surface area contributed by atoms with E-state index in [1.54, 1.807) is 23.1 Å². The number of carbonyl (C=O) groups excluding carboxylic acids is 1. The number of halogens is 1. The van der Waals surface area contributed by atoms with Gasteiger partial charge in [-0.25, -0.2) is 0 Å². The number of aryl methyl sites for hydroxylation is 1. The van der Waals surface area contributed by atoms with Crippen molar-refractivity contribution < 1.29 is 19.2 Å². The number of rotatable bonds is 4. The summed E-state index contributed by atoms with van der Waals surface area (Å²) in [6.45, 7) is 2.58. The molecule has 7 heteroatoms. The SMILES string of the molecule is COc1cc(Cl)cc(C(=O)N2C[C@@H](Cc3cc(C)no3)[C@H](O)C2)c1. The number of aliphatic hydroxyl groups excluding tert-OH is 1. The molecule has 2 aromatic rings. The Bertz CT molecular complexity index is 746. The third-order valence-corrected chi connectivity index (χ3v) is 4.41. The number of nitrogens with zero attached hydrogens (tertiary/aromatic N) is 2. The molecule has 0 spiro atoms. The van der Waals surface area contributed by atoms with Crippen molar-refractivity contribution in [3.63, 3.8) is 0 Å². The minimum absolute atomic E-state index is 0.0811. The summed E-state index contributed by atoms with van der Waals surface area (Å²) in [5.41, 5.74) is 1.25. The molecule has 6 nitrogen and oxygen atoms in total. The number of aliphatic hydroxyl groups is 1. The van der Waals surface area contributed by atoms with Gasteiger partial charge in [0.1, 0.15) is 11.5 Å². The average Bonchev–Trinajstić information content (AvgIpc) is 3.12. The van der Waals surface area contributed by atoms with Crippen molar-refractivity contribution in [3.05, 3.63) is 46.3 Å². The van der Waals surface area contributed by atoms with Crippen LogP contribution in [0.3, 0.4) is 0 Å². The maximum atomic E-state index is 12.7. The lowest BCUT2D eigenvalue weighted by Gasteiger charge is -2.16. The summed E-state index contributed by atoms with van der Waals surface area (Å²) >= 11 is 6.03. The summed E-state index contributed by atoms with van der Waals surface area (Å²) < 4.78 is 10.4.